The lowest BCUT2D eigenvalue weighted by atomic mass is 9.85. The average molecular weight is 384 g/mol. The molecule has 0 atom stereocenters. The number of allylic oxidation sites excluding steroid dienone is 1. The average Bonchev–Trinajstić information content (AvgIpc) is 2.79. The molecular formula is C25H24N2O2. The van der Waals surface area contributed by atoms with Crippen LogP contribution in [0.3, 0.4) is 0 Å². The molecule has 2 aliphatic rings. The van der Waals surface area contributed by atoms with Crippen molar-refractivity contribution in [3.05, 3.63) is 77.0 Å². The minimum Gasteiger partial charge on any atom is -0.378 e. The van der Waals surface area contributed by atoms with Crippen molar-refractivity contribution < 1.29 is 9.53 Å². The summed E-state index contributed by atoms with van der Waals surface area (Å²) in [5, 5.41) is 0.962. The van der Waals surface area contributed by atoms with Crippen LogP contribution in [0.5, 0.6) is 0 Å². The zero-order valence-electron chi connectivity index (χ0n) is 16.4. The molecule has 29 heavy (non-hydrogen) atoms. The number of benzene rings is 2. The maximum Gasteiger partial charge on any atom is 0.255 e. The standard InChI is InChI=1S/C25H24N2O2/c28-25(27-13-15-29-16-14-27)23-20-10-4-5-12-22(20)26-24-19(9-6-11-21(23)24)17-18-7-2-1-3-8-18/h1-5,7-8,10,12,17H,6,9,11,13-16H2/b19-17-. The van der Waals surface area contributed by atoms with Crippen molar-refractivity contribution >= 4 is 28.5 Å². The summed E-state index contributed by atoms with van der Waals surface area (Å²) in [7, 11) is 0. The Kier molecular flexibility index (Phi) is 4.86. The fourth-order valence-corrected chi connectivity index (χ4v) is 4.39. The van der Waals surface area contributed by atoms with Crippen molar-refractivity contribution in [3.63, 3.8) is 0 Å². The van der Waals surface area contributed by atoms with Gasteiger partial charge >= 0.3 is 0 Å². The third-order valence-corrected chi connectivity index (χ3v) is 5.82. The highest BCUT2D eigenvalue weighted by Crippen LogP contribution is 2.36. The van der Waals surface area contributed by atoms with Crippen molar-refractivity contribution in [2.45, 2.75) is 19.3 Å². The molecular weight excluding hydrogens is 360 g/mol. The molecule has 1 aliphatic heterocycles. The maximum absolute atomic E-state index is 13.6. The Bertz CT molecular complexity index is 1080. The van der Waals surface area contributed by atoms with Crippen LogP contribution in [0.1, 0.15) is 40.0 Å². The van der Waals surface area contributed by atoms with E-state index < -0.39 is 0 Å². The molecule has 3 aromatic rings. The lowest BCUT2D eigenvalue weighted by molar-refractivity contribution is 0.0303. The molecule has 146 valence electrons. The predicted molar refractivity (Wildman–Crippen MR) is 116 cm³/mol. The quantitative estimate of drug-likeness (QED) is 0.649. The molecule has 0 unspecified atom stereocenters. The van der Waals surface area contributed by atoms with E-state index in [1.54, 1.807) is 0 Å². The first kappa shape index (κ1) is 18.1. The minimum atomic E-state index is 0.115. The lowest BCUT2D eigenvalue weighted by Gasteiger charge is -2.30. The highest BCUT2D eigenvalue weighted by atomic mass is 16.5. The molecule has 0 bridgehead atoms. The zero-order chi connectivity index (χ0) is 19.6. The van der Waals surface area contributed by atoms with Crippen LogP contribution in [-0.4, -0.2) is 42.1 Å². The summed E-state index contributed by atoms with van der Waals surface area (Å²) >= 11 is 0. The van der Waals surface area contributed by atoms with Gasteiger partial charge in [-0.15, -0.1) is 0 Å². The normalized spacial score (nSPS) is 18.1. The molecule has 0 spiro atoms. The smallest absolute Gasteiger partial charge is 0.255 e. The van der Waals surface area contributed by atoms with Gasteiger partial charge in [0.05, 0.1) is 30.0 Å². The van der Waals surface area contributed by atoms with Gasteiger partial charge in [-0.3, -0.25) is 4.79 Å². The van der Waals surface area contributed by atoms with Gasteiger partial charge in [-0.05, 0) is 48.1 Å². The number of amides is 1. The van der Waals surface area contributed by atoms with E-state index in [-0.39, 0.29) is 5.91 Å². The summed E-state index contributed by atoms with van der Waals surface area (Å²) in [6.07, 6.45) is 5.14. The largest absolute Gasteiger partial charge is 0.378 e. The summed E-state index contributed by atoms with van der Waals surface area (Å²) in [5.41, 5.74) is 6.23. The maximum atomic E-state index is 13.6. The number of aromatic nitrogens is 1. The van der Waals surface area contributed by atoms with Gasteiger partial charge in [0, 0.05) is 18.5 Å². The van der Waals surface area contributed by atoms with Gasteiger partial charge < -0.3 is 9.64 Å². The molecule has 2 heterocycles. The number of ether oxygens (including phenoxy) is 1. The van der Waals surface area contributed by atoms with Crippen LogP contribution in [0.2, 0.25) is 0 Å². The summed E-state index contributed by atoms with van der Waals surface area (Å²) in [6, 6.07) is 18.4. The number of nitrogens with zero attached hydrogens (tertiary/aromatic N) is 2. The molecule has 1 saturated heterocycles. The van der Waals surface area contributed by atoms with E-state index in [0.717, 1.165) is 47.0 Å². The van der Waals surface area contributed by atoms with Crippen LogP contribution in [0.15, 0.2) is 54.6 Å². The molecule has 4 nitrogen and oxygen atoms in total. The molecule has 0 radical (unpaired) electrons. The van der Waals surface area contributed by atoms with E-state index in [1.807, 2.05) is 35.2 Å². The van der Waals surface area contributed by atoms with Crippen molar-refractivity contribution in [2.24, 2.45) is 0 Å². The Balaban J connectivity index is 1.69. The molecule has 1 fully saturated rings. The van der Waals surface area contributed by atoms with Crippen molar-refractivity contribution in [1.82, 2.24) is 9.88 Å². The fourth-order valence-electron chi connectivity index (χ4n) is 4.39. The number of hydrogen-bond donors (Lipinski definition) is 0. The number of morpholine rings is 1. The second kappa shape index (κ2) is 7.80. The van der Waals surface area contributed by atoms with Gasteiger partial charge in [-0.25, -0.2) is 4.98 Å². The predicted octanol–water partition coefficient (Wildman–Crippen LogP) is 4.58. The number of carbonyl (C=O) groups excluding carboxylic acids is 1. The Morgan fingerprint density at radius 3 is 2.55 bits per heavy atom. The van der Waals surface area contributed by atoms with Crippen molar-refractivity contribution in [3.8, 4) is 0 Å². The molecule has 4 heteroatoms. The van der Waals surface area contributed by atoms with Gasteiger partial charge in [-0.2, -0.15) is 0 Å². The molecule has 1 aromatic heterocycles. The summed E-state index contributed by atoms with van der Waals surface area (Å²) in [5.74, 6) is 0.115. The molecule has 5 rings (SSSR count). The van der Waals surface area contributed by atoms with E-state index in [2.05, 4.69) is 30.3 Å². The SMILES string of the molecule is O=C(c1c2c(nc3ccccc13)/C(=C\c1ccccc1)CCC2)N1CCOCC1. The van der Waals surface area contributed by atoms with Crippen molar-refractivity contribution in [1.29, 1.82) is 0 Å². The minimum absolute atomic E-state index is 0.115. The van der Waals surface area contributed by atoms with Crippen LogP contribution in [0.4, 0.5) is 0 Å². The van der Waals surface area contributed by atoms with Gasteiger partial charge in [0.2, 0.25) is 0 Å². The Hall–Kier alpha value is -2.98. The van der Waals surface area contributed by atoms with Gasteiger partial charge in [-0.1, -0.05) is 48.5 Å². The lowest BCUT2D eigenvalue weighted by Crippen LogP contribution is -2.41. The van der Waals surface area contributed by atoms with Gasteiger partial charge in [0.1, 0.15) is 0 Å². The zero-order valence-corrected chi connectivity index (χ0v) is 16.4. The van der Waals surface area contributed by atoms with E-state index >= 15 is 0 Å². The van der Waals surface area contributed by atoms with Crippen LogP contribution >= 0.6 is 0 Å². The number of fused-ring (bicyclic) bond motifs is 2. The molecule has 0 N–H and O–H groups in total. The Morgan fingerprint density at radius 1 is 0.966 bits per heavy atom. The van der Waals surface area contributed by atoms with E-state index in [1.165, 1.54) is 11.1 Å². The first-order chi connectivity index (χ1) is 14.3. The Morgan fingerprint density at radius 2 is 1.72 bits per heavy atom. The van der Waals surface area contributed by atoms with E-state index in [9.17, 15) is 4.79 Å². The first-order valence-electron chi connectivity index (χ1n) is 10.4. The summed E-state index contributed by atoms with van der Waals surface area (Å²) in [6.45, 7) is 2.51. The monoisotopic (exact) mass is 384 g/mol. The highest BCUT2D eigenvalue weighted by molar-refractivity contribution is 6.09. The third-order valence-electron chi connectivity index (χ3n) is 5.82. The van der Waals surface area contributed by atoms with Crippen LogP contribution in [0, 0.1) is 0 Å². The van der Waals surface area contributed by atoms with Gasteiger partial charge in [0.25, 0.3) is 5.91 Å². The van der Waals surface area contributed by atoms with Crippen LogP contribution in [-0.2, 0) is 11.2 Å². The van der Waals surface area contributed by atoms with E-state index in [4.69, 9.17) is 9.72 Å². The van der Waals surface area contributed by atoms with Crippen LogP contribution < -0.4 is 0 Å². The number of rotatable bonds is 2. The number of pyridine rings is 1. The third kappa shape index (κ3) is 3.45. The molecule has 1 aliphatic carbocycles. The summed E-state index contributed by atoms with van der Waals surface area (Å²) in [4.78, 5) is 20.5. The number of para-hydroxylation sites is 1. The summed E-state index contributed by atoms with van der Waals surface area (Å²) < 4.78 is 5.45. The van der Waals surface area contributed by atoms with Gasteiger partial charge in [0.15, 0.2) is 0 Å². The van der Waals surface area contributed by atoms with E-state index in [0.29, 0.717) is 26.3 Å². The second-order valence-electron chi connectivity index (χ2n) is 7.67. The molecule has 2 aromatic carbocycles. The molecule has 0 saturated carbocycles. The number of carbonyl (C=O) groups is 1. The molecule has 1 amide bonds. The second-order valence-corrected chi connectivity index (χ2v) is 7.67. The number of hydrogen-bond acceptors (Lipinski definition) is 3. The van der Waals surface area contributed by atoms with Crippen LogP contribution in [0.25, 0.3) is 22.6 Å². The van der Waals surface area contributed by atoms with Crippen molar-refractivity contribution in [2.75, 3.05) is 26.3 Å². The highest BCUT2D eigenvalue weighted by Gasteiger charge is 2.28. The Labute approximate surface area is 170 Å². The first-order valence-corrected chi connectivity index (χ1v) is 10.4. The topological polar surface area (TPSA) is 42.4 Å². The fraction of sp³-hybridized carbons (Fsp3) is 0.280.